The summed E-state index contributed by atoms with van der Waals surface area (Å²) < 4.78 is 0. The van der Waals surface area contributed by atoms with Gasteiger partial charge in [0.25, 0.3) is 0 Å². The van der Waals surface area contributed by atoms with Gasteiger partial charge in [-0.2, -0.15) is 0 Å². The molecule has 0 radical (unpaired) electrons. The quantitative estimate of drug-likeness (QED) is 0.714. The third-order valence-electron chi connectivity index (χ3n) is 2.98. The summed E-state index contributed by atoms with van der Waals surface area (Å²) in [6.45, 7) is 1.98. The number of rotatable bonds is 1. The third-order valence-corrected chi connectivity index (χ3v) is 4.00. The molecule has 0 spiro atoms. The first kappa shape index (κ1) is 7.97. The molecule has 3 N–H and O–H groups in total. The minimum atomic E-state index is 0.241. The average Bonchev–Trinajstić information content (AvgIpc) is 2.87. The highest BCUT2D eigenvalue weighted by Gasteiger charge is 2.31. The number of hydrogen-bond donors (Lipinski definition) is 2. The van der Waals surface area contributed by atoms with E-state index in [1.807, 2.05) is 11.3 Å². The maximum atomic E-state index is 6.10. The summed E-state index contributed by atoms with van der Waals surface area (Å²) in [5, 5.41) is 5.68. The van der Waals surface area contributed by atoms with E-state index in [1.165, 1.54) is 23.3 Å². The fraction of sp³-hybridized carbons (Fsp3) is 0.600. The summed E-state index contributed by atoms with van der Waals surface area (Å²) in [4.78, 5) is 1.47. The van der Waals surface area contributed by atoms with Gasteiger partial charge in [-0.25, -0.2) is 0 Å². The van der Waals surface area contributed by atoms with E-state index in [-0.39, 0.29) is 6.04 Å². The van der Waals surface area contributed by atoms with Crippen molar-refractivity contribution in [2.75, 3.05) is 6.54 Å². The van der Waals surface area contributed by atoms with Gasteiger partial charge in [0.05, 0.1) is 0 Å². The van der Waals surface area contributed by atoms with Crippen molar-refractivity contribution < 1.29 is 0 Å². The van der Waals surface area contributed by atoms with E-state index in [0.717, 1.165) is 19.0 Å². The smallest absolute Gasteiger partial charge is 0.0436 e. The first-order chi connectivity index (χ1) is 6.36. The molecular formula is C10H14N2S. The Balaban J connectivity index is 2.06. The summed E-state index contributed by atoms with van der Waals surface area (Å²) in [5.74, 6) is 0.851. The van der Waals surface area contributed by atoms with Crippen LogP contribution in [0.3, 0.4) is 0 Å². The van der Waals surface area contributed by atoms with Crippen LogP contribution < -0.4 is 11.1 Å². The molecule has 2 heterocycles. The number of fused-ring (bicyclic) bond motifs is 1. The molecule has 3 rings (SSSR count). The van der Waals surface area contributed by atoms with E-state index in [0.29, 0.717) is 0 Å². The Morgan fingerprint density at radius 1 is 1.46 bits per heavy atom. The van der Waals surface area contributed by atoms with Crippen LogP contribution in [0, 0.1) is 0 Å². The van der Waals surface area contributed by atoms with Crippen LogP contribution >= 0.6 is 11.3 Å². The highest BCUT2D eigenvalue weighted by Crippen LogP contribution is 2.46. The summed E-state index contributed by atoms with van der Waals surface area (Å²) >= 11 is 1.88. The monoisotopic (exact) mass is 194 g/mol. The molecule has 0 bridgehead atoms. The van der Waals surface area contributed by atoms with E-state index in [4.69, 9.17) is 5.73 Å². The molecule has 1 atom stereocenters. The predicted molar refractivity (Wildman–Crippen MR) is 54.9 cm³/mol. The molecule has 13 heavy (non-hydrogen) atoms. The van der Waals surface area contributed by atoms with Crippen molar-refractivity contribution in [1.29, 1.82) is 0 Å². The molecule has 0 saturated heterocycles. The first-order valence-corrected chi connectivity index (χ1v) is 5.80. The van der Waals surface area contributed by atoms with Crippen molar-refractivity contribution >= 4 is 11.3 Å². The fourth-order valence-electron chi connectivity index (χ4n) is 2.13. The minimum Gasteiger partial charge on any atom is -0.323 e. The first-order valence-electron chi connectivity index (χ1n) is 4.92. The molecular weight excluding hydrogens is 180 g/mol. The highest BCUT2D eigenvalue weighted by molar-refractivity contribution is 7.10. The van der Waals surface area contributed by atoms with Crippen LogP contribution in [0.2, 0.25) is 0 Å². The average molecular weight is 194 g/mol. The largest absolute Gasteiger partial charge is 0.323 e. The van der Waals surface area contributed by atoms with Crippen molar-refractivity contribution in [2.45, 2.75) is 31.3 Å². The second-order valence-corrected chi connectivity index (χ2v) is 5.00. The molecule has 3 heteroatoms. The van der Waals surface area contributed by atoms with E-state index in [1.54, 1.807) is 5.56 Å². The van der Waals surface area contributed by atoms with Crippen molar-refractivity contribution in [1.82, 2.24) is 5.32 Å². The molecule has 1 aromatic rings. The molecule has 1 saturated carbocycles. The van der Waals surface area contributed by atoms with Gasteiger partial charge in [0.15, 0.2) is 0 Å². The second kappa shape index (κ2) is 2.80. The van der Waals surface area contributed by atoms with Gasteiger partial charge < -0.3 is 11.1 Å². The lowest BCUT2D eigenvalue weighted by atomic mass is 9.98. The second-order valence-electron chi connectivity index (χ2n) is 4.04. The van der Waals surface area contributed by atoms with Gasteiger partial charge in [0.1, 0.15) is 0 Å². The Morgan fingerprint density at radius 3 is 3.08 bits per heavy atom. The topological polar surface area (TPSA) is 38.0 Å². The number of hydrogen-bond acceptors (Lipinski definition) is 3. The summed E-state index contributed by atoms with van der Waals surface area (Å²) in [6, 6.07) is 0.241. The number of nitrogens with two attached hydrogens (primary N) is 1. The van der Waals surface area contributed by atoms with Gasteiger partial charge in [-0.05, 0) is 35.3 Å². The van der Waals surface area contributed by atoms with Gasteiger partial charge in [0, 0.05) is 24.0 Å². The molecule has 1 aromatic heterocycles. The molecule has 1 fully saturated rings. The molecule has 0 amide bonds. The van der Waals surface area contributed by atoms with Gasteiger partial charge in [-0.15, -0.1) is 11.3 Å². The van der Waals surface area contributed by atoms with Crippen LogP contribution in [0.4, 0.5) is 0 Å². The Kier molecular flexibility index (Phi) is 1.72. The zero-order valence-electron chi connectivity index (χ0n) is 7.55. The minimum absolute atomic E-state index is 0.241. The van der Waals surface area contributed by atoms with Crippen molar-refractivity contribution in [3.8, 4) is 0 Å². The van der Waals surface area contributed by atoms with Crippen LogP contribution in [0.15, 0.2) is 5.38 Å². The highest BCUT2D eigenvalue weighted by atomic mass is 32.1. The van der Waals surface area contributed by atoms with Crippen LogP contribution in [-0.2, 0) is 6.54 Å². The van der Waals surface area contributed by atoms with E-state index in [2.05, 4.69) is 10.7 Å². The van der Waals surface area contributed by atoms with E-state index < -0.39 is 0 Å². The molecule has 1 aliphatic carbocycles. The maximum Gasteiger partial charge on any atom is 0.0436 e. The molecule has 1 unspecified atom stereocenters. The molecule has 2 aliphatic rings. The summed E-state index contributed by atoms with van der Waals surface area (Å²) in [5.41, 5.74) is 9.14. The lowest BCUT2D eigenvalue weighted by Gasteiger charge is -2.21. The maximum absolute atomic E-state index is 6.10. The van der Waals surface area contributed by atoms with Crippen molar-refractivity contribution in [3.05, 3.63) is 21.4 Å². The standard InChI is InChI=1S/C10H14N2S/c11-8-3-12-4-9-10(8)7(5-13-9)6-1-2-6/h5-6,8,12H,1-4,11H2. The van der Waals surface area contributed by atoms with Crippen LogP contribution in [0.25, 0.3) is 0 Å². The van der Waals surface area contributed by atoms with Crippen LogP contribution in [0.5, 0.6) is 0 Å². The normalized spacial score (nSPS) is 27.3. The zero-order valence-corrected chi connectivity index (χ0v) is 8.36. The van der Waals surface area contributed by atoms with Crippen LogP contribution in [0.1, 0.15) is 40.8 Å². The van der Waals surface area contributed by atoms with Gasteiger partial charge in [-0.3, -0.25) is 0 Å². The Hall–Kier alpha value is -0.380. The van der Waals surface area contributed by atoms with Gasteiger partial charge in [0.2, 0.25) is 0 Å². The van der Waals surface area contributed by atoms with Crippen LogP contribution in [-0.4, -0.2) is 6.54 Å². The molecule has 70 valence electrons. The fourth-order valence-corrected chi connectivity index (χ4v) is 3.30. The summed E-state index contributed by atoms with van der Waals surface area (Å²) in [7, 11) is 0. The van der Waals surface area contributed by atoms with E-state index >= 15 is 0 Å². The lowest BCUT2D eigenvalue weighted by Crippen LogP contribution is -2.32. The van der Waals surface area contributed by atoms with Gasteiger partial charge in [-0.1, -0.05) is 0 Å². The molecule has 1 aliphatic heterocycles. The molecule has 0 aromatic carbocycles. The molecule has 2 nitrogen and oxygen atoms in total. The predicted octanol–water partition coefficient (Wildman–Crippen LogP) is 1.73. The lowest BCUT2D eigenvalue weighted by molar-refractivity contribution is 0.559. The van der Waals surface area contributed by atoms with Gasteiger partial charge >= 0.3 is 0 Å². The SMILES string of the molecule is NC1CNCc2scc(C3CC3)c21. The van der Waals surface area contributed by atoms with Crippen molar-refractivity contribution in [2.24, 2.45) is 5.73 Å². The van der Waals surface area contributed by atoms with Crippen molar-refractivity contribution in [3.63, 3.8) is 0 Å². The number of thiophene rings is 1. The summed E-state index contributed by atoms with van der Waals surface area (Å²) in [6.07, 6.45) is 2.76. The zero-order chi connectivity index (χ0) is 8.84. The Bertz CT molecular complexity index is 328. The number of nitrogens with one attached hydrogen (secondary N) is 1. The third kappa shape index (κ3) is 1.23. The Labute approximate surface area is 82.1 Å². The van der Waals surface area contributed by atoms with E-state index in [9.17, 15) is 0 Å². The Morgan fingerprint density at radius 2 is 2.31 bits per heavy atom.